The van der Waals surface area contributed by atoms with Gasteiger partial charge in [-0.25, -0.2) is 13.6 Å². The molecule has 0 atom stereocenters. The zero-order valence-corrected chi connectivity index (χ0v) is 9.16. The van der Waals surface area contributed by atoms with Gasteiger partial charge in [0.1, 0.15) is 4.90 Å². The molecule has 0 fully saturated rings. The van der Waals surface area contributed by atoms with Crippen molar-refractivity contribution in [1.29, 1.82) is 0 Å². The van der Waals surface area contributed by atoms with Gasteiger partial charge in [-0.1, -0.05) is 17.2 Å². The van der Waals surface area contributed by atoms with Crippen molar-refractivity contribution in [1.82, 2.24) is 0 Å². The van der Waals surface area contributed by atoms with Gasteiger partial charge in [0.25, 0.3) is 0 Å². The predicted octanol–water partition coefficient (Wildman–Crippen LogP) is 2.04. The summed E-state index contributed by atoms with van der Waals surface area (Å²) in [5.41, 5.74) is 8.18. The SMILES string of the molecule is [N-]=[N+]=Nc1cccc(Br)c1S(N)(=O)=O. The highest BCUT2D eigenvalue weighted by Gasteiger charge is 2.16. The van der Waals surface area contributed by atoms with Gasteiger partial charge in [0.15, 0.2) is 0 Å². The van der Waals surface area contributed by atoms with E-state index in [2.05, 4.69) is 26.0 Å². The molecule has 1 rings (SSSR count). The number of primary sulfonamides is 1. The zero-order valence-electron chi connectivity index (χ0n) is 6.75. The third-order valence-corrected chi connectivity index (χ3v) is 3.30. The first-order valence-corrected chi connectivity index (χ1v) is 5.67. The summed E-state index contributed by atoms with van der Waals surface area (Å²) in [4.78, 5) is 2.30. The molecule has 0 saturated heterocycles. The first kappa shape index (κ1) is 11.0. The topological polar surface area (TPSA) is 109 Å². The second-order valence-electron chi connectivity index (χ2n) is 2.32. The maximum Gasteiger partial charge on any atom is 0.239 e. The van der Waals surface area contributed by atoms with E-state index < -0.39 is 10.0 Å². The van der Waals surface area contributed by atoms with Crippen LogP contribution in [0.3, 0.4) is 0 Å². The molecule has 0 radical (unpaired) electrons. The summed E-state index contributed by atoms with van der Waals surface area (Å²) in [5.74, 6) is 0. The lowest BCUT2D eigenvalue weighted by Crippen LogP contribution is -2.12. The highest BCUT2D eigenvalue weighted by Crippen LogP contribution is 2.30. The van der Waals surface area contributed by atoms with Crippen LogP contribution in [0.15, 0.2) is 32.7 Å². The van der Waals surface area contributed by atoms with Crippen LogP contribution in [0, 0.1) is 0 Å². The second-order valence-corrected chi connectivity index (χ2v) is 4.68. The predicted molar refractivity (Wildman–Crippen MR) is 54.3 cm³/mol. The molecule has 0 bridgehead atoms. The van der Waals surface area contributed by atoms with Crippen LogP contribution < -0.4 is 5.14 Å². The summed E-state index contributed by atoms with van der Waals surface area (Å²) < 4.78 is 22.5. The molecule has 1 aromatic rings. The third-order valence-electron chi connectivity index (χ3n) is 1.38. The van der Waals surface area contributed by atoms with E-state index in [0.29, 0.717) is 0 Å². The Morgan fingerprint density at radius 3 is 2.64 bits per heavy atom. The van der Waals surface area contributed by atoms with Crippen molar-refractivity contribution < 1.29 is 8.42 Å². The molecule has 2 N–H and O–H groups in total. The van der Waals surface area contributed by atoms with Crippen molar-refractivity contribution >= 4 is 31.6 Å². The Hall–Kier alpha value is -1.08. The average Bonchev–Trinajstić information content (AvgIpc) is 2.02. The molecule has 1 aromatic carbocycles. The quantitative estimate of drug-likeness (QED) is 0.507. The van der Waals surface area contributed by atoms with Gasteiger partial charge >= 0.3 is 0 Å². The van der Waals surface area contributed by atoms with Gasteiger partial charge in [-0.15, -0.1) is 0 Å². The van der Waals surface area contributed by atoms with Gasteiger partial charge in [0, 0.05) is 9.38 Å². The van der Waals surface area contributed by atoms with E-state index in [1.807, 2.05) is 0 Å². The van der Waals surface area contributed by atoms with Crippen LogP contribution in [0.2, 0.25) is 0 Å². The smallest absolute Gasteiger partial charge is 0.225 e. The first-order chi connectivity index (χ1) is 6.46. The monoisotopic (exact) mass is 276 g/mol. The molecule has 0 heterocycles. The standard InChI is InChI=1S/C6H5BrN4O2S/c7-4-2-1-3-5(10-11-8)6(4)14(9,12)13/h1-3H,(H2,9,12,13). The van der Waals surface area contributed by atoms with Crippen molar-refractivity contribution in [3.63, 3.8) is 0 Å². The molecule has 0 aliphatic heterocycles. The van der Waals surface area contributed by atoms with Crippen LogP contribution in [-0.2, 0) is 10.0 Å². The lowest BCUT2D eigenvalue weighted by atomic mass is 10.3. The summed E-state index contributed by atoms with van der Waals surface area (Å²) >= 11 is 3.01. The van der Waals surface area contributed by atoms with Crippen LogP contribution in [0.1, 0.15) is 0 Å². The molecular weight excluding hydrogens is 272 g/mol. The highest BCUT2D eigenvalue weighted by atomic mass is 79.9. The maximum atomic E-state index is 11.1. The fraction of sp³-hybridized carbons (Fsp3) is 0. The molecule has 0 aliphatic carbocycles. The van der Waals surface area contributed by atoms with E-state index in [-0.39, 0.29) is 15.1 Å². The van der Waals surface area contributed by atoms with E-state index in [4.69, 9.17) is 10.7 Å². The molecule has 74 valence electrons. The van der Waals surface area contributed by atoms with Gasteiger partial charge < -0.3 is 0 Å². The molecular formula is C6H5BrN4O2S. The van der Waals surface area contributed by atoms with Crippen LogP contribution in [0.25, 0.3) is 10.4 Å². The minimum Gasteiger partial charge on any atom is -0.225 e. The molecule has 0 saturated carbocycles. The molecule has 0 amide bonds. The molecule has 0 spiro atoms. The second kappa shape index (κ2) is 3.97. The lowest BCUT2D eigenvalue weighted by Gasteiger charge is -2.04. The number of hydrogen-bond acceptors (Lipinski definition) is 3. The molecule has 0 unspecified atom stereocenters. The Kier molecular flexibility index (Phi) is 3.12. The Balaban J connectivity index is 3.61. The number of rotatable bonds is 2. The normalized spacial score (nSPS) is 10.7. The Morgan fingerprint density at radius 1 is 1.50 bits per heavy atom. The number of hydrogen-bond donors (Lipinski definition) is 1. The molecule has 6 nitrogen and oxygen atoms in total. The van der Waals surface area contributed by atoms with Crippen LogP contribution in [-0.4, -0.2) is 8.42 Å². The number of azide groups is 1. The fourth-order valence-electron chi connectivity index (χ4n) is 0.906. The fourth-order valence-corrected chi connectivity index (χ4v) is 2.68. The zero-order chi connectivity index (χ0) is 10.8. The number of halogens is 1. The van der Waals surface area contributed by atoms with Crippen molar-refractivity contribution in [2.24, 2.45) is 10.3 Å². The molecule has 0 aromatic heterocycles. The van der Waals surface area contributed by atoms with Crippen LogP contribution >= 0.6 is 15.9 Å². The molecule has 14 heavy (non-hydrogen) atoms. The molecule has 8 heteroatoms. The Morgan fingerprint density at radius 2 is 2.14 bits per heavy atom. The third kappa shape index (κ3) is 2.24. The van der Waals surface area contributed by atoms with Crippen molar-refractivity contribution in [2.75, 3.05) is 0 Å². The van der Waals surface area contributed by atoms with E-state index in [1.54, 1.807) is 6.07 Å². The molecule has 0 aliphatic rings. The van der Waals surface area contributed by atoms with Gasteiger partial charge in [-0.05, 0) is 27.5 Å². The van der Waals surface area contributed by atoms with Gasteiger partial charge in [-0.3, -0.25) is 0 Å². The number of nitrogens with two attached hydrogens (primary N) is 1. The Labute approximate surface area is 88.5 Å². The van der Waals surface area contributed by atoms with Crippen molar-refractivity contribution in [3.8, 4) is 0 Å². The van der Waals surface area contributed by atoms with Gasteiger partial charge in [-0.2, -0.15) is 0 Å². The summed E-state index contributed by atoms with van der Waals surface area (Å²) in [5, 5.41) is 8.17. The number of benzene rings is 1. The summed E-state index contributed by atoms with van der Waals surface area (Å²) in [6.07, 6.45) is 0. The Bertz CT molecular complexity index is 507. The van der Waals surface area contributed by atoms with Crippen LogP contribution in [0.4, 0.5) is 5.69 Å². The minimum absolute atomic E-state index is 0.0237. The van der Waals surface area contributed by atoms with E-state index in [9.17, 15) is 8.42 Å². The largest absolute Gasteiger partial charge is 0.239 e. The lowest BCUT2D eigenvalue weighted by molar-refractivity contribution is 0.597. The van der Waals surface area contributed by atoms with Gasteiger partial charge in [0.05, 0.1) is 5.69 Å². The summed E-state index contributed by atoms with van der Waals surface area (Å²) in [6, 6.07) is 4.41. The number of nitrogens with zero attached hydrogens (tertiary/aromatic N) is 3. The maximum absolute atomic E-state index is 11.1. The van der Waals surface area contributed by atoms with Gasteiger partial charge in [0.2, 0.25) is 10.0 Å². The minimum atomic E-state index is -3.90. The average molecular weight is 277 g/mol. The highest BCUT2D eigenvalue weighted by molar-refractivity contribution is 9.10. The van der Waals surface area contributed by atoms with Crippen molar-refractivity contribution in [2.45, 2.75) is 4.90 Å². The van der Waals surface area contributed by atoms with Crippen molar-refractivity contribution in [3.05, 3.63) is 33.1 Å². The summed E-state index contributed by atoms with van der Waals surface area (Å²) in [6.45, 7) is 0. The summed E-state index contributed by atoms with van der Waals surface area (Å²) in [7, 11) is -3.90. The van der Waals surface area contributed by atoms with E-state index in [1.165, 1.54) is 12.1 Å². The van der Waals surface area contributed by atoms with E-state index in [0.717, 1.165) is 0 Å². The first-order valence-electron chi connectivity index (χ1n) is 3.33. The van der Waals surface area contributed by atoms with Crippen LogP contribution in [0.5, 0.6) is 0 Å². The van der Waals surface area contributed by atoms with E-state index >= 15 is 0 Å². The number of sulfonamides is 1.